The Kier molecular flexibility index (Phi) is 8.40. The minimum Gasteiger partial charge on any atom is -0.394 e. The maximum absolute atomic E-state index is 8.11. The molecule has 1 aliphatic carbocycles. The average Bonchev–Trinajstić information content (AvgIpc) is 2.03. The van der Waals surface area contributed by atoms with Crippen molar-refractivity contribution in [3.05, 3.63) is 0 Å². The molecule has 1 rings (SSSR count). The Balaban J connectivity index is 0.000000252. The summed E-state index contributed by atoms with van der Waals surface area (Å²) in [6.07, 6.45) is 5.23. The van der Waals surface area contributed by atoms with E-state index < -0.39 is 6.10 Å². The van der Waals surface area contributed by atoms with Gasteiger partial charge >= 0.3 is 0 Å². The molecule has 80 valence electrons. The molecule has 0 bridgehead atoms. The van der Waals surface area contributed by atoms with Crippen molar-refractivity contribution in [3.8, 4) is 0 Å². The van der Waals surface area contributed by atoms with Crippen LogP contribution in [-0.2, 0) is 4.74 Å². The van der Waals surface area contributed by atoms with E-state index in [0.717, 1.165) is 13.0 Å². The first-order chi connectivity index (χ1) is 6.20. The fourth-order valence-electron chi connectivity index (χ4n) is 0.822. The summed E-state index contributed by atoms with van der Waals surface area (Å²) in [4.78, 5) is 0. The first kappa shape index (κ1) is 12.9. The second-order valence-corrected chi connectivity index (χ2v) is 3.46. The van der Waals surface area contributed by atoms with Gasteiger partial charge in [0.05, 0.1) is 18.8 Å². The normalized spacial score (nSPS) is 18.5. The van der Waals surface area contributed by atoms with Crippen LogP contribution in [0.15, 0.2) is 0 Å². The largest absolute Gasteiger partial charge is 0.394 e. The fraction of sp³-hybridized carbons (Fsp3) is 1.00. The minimum atomic E-state index is -0.560. The van der Waals surface area contributed by atoms with Gasteiger partial charge in [0.1, 0.15) is 0 Å². The number of aliphatic hydroxyl groups excluding tert-OH is 2. The molecule has 1 aliphatic rings. The molecule has 1 saturated carbocycles. The molecular formula is C10H22O3. The van der Waals surface area contributed by atoms with Crippen molar-refractivity contribution in [2.45, 2.75) is 51.7 Å². The number of hydrogen-bond donors (Lipinski definition) is 2. The molecule has 1 unspecified atom stereocenters. The number of ether oxygens (including phenoxy) is 1. The summed E-state index contributed by atoms with van der Waals surface area (Å²) >= 11 is 0. The number of hydrogen-bond acceptors (Lipinski definition) is 3. The Morgan fingerprint density at radius 1 is 1.46 bits per heavy atom. The van der Waals surface area contributed by atoms with Gasteiger partial charge in [-0.1, -0.05) is 6.92 Å². The van der Waals surface area contributed by atoms with Crippen LogP contribution in [0.4, 0.5) is 0 Å². The summed E-state index contributed by atoms with van der Waals surface area (Å²) in [7, 11) is 0. The van der Waals surface area contributed by atoms with Crippen LogP contribution in [0.3, 0.4) is 0 Å². The Morgan fingerprint density at radius 2 is 2.00 bits per heavy atom. The van der Waals surface area contributed by atoms with Crippen molar-refractivity contribution < 1.29 is 14.9 Å². The predicted molar refractivity (Wildman–Crippen MR) is 52.6 cm³/mol. The molecule has 0 amide bonds. The minimum absolute atomic E-state index is 0.139. The summed E-state index contributed by atoms with van der Waals surface area (Å²) in [5, 5.41) is 16.0. The second kappa shape index (κ2) is 8.48. The van der Waals surface area contributed by atoms with Crippen LogP contribution in [-0.4, -0.2) is 35.6 Å². The Morgan fingerprint density at radius 3 is 2.23 bits per heavy atom. The Hall–Kier alpha value is -0.120. The topological polar surface area (TPSA) is 49.7 Å². The highest BCUT2D eigenvalue weighted by atomic mass is 16.5. The lowest BCUT2D eigenvalue weighted by atomic mass is 9.96. The third kappa shape index (κ3) is 8.22. The molecule has 0 aromatic carbocycles. The van der Waals surface area contributed by atoms with Crippen LogP contribution in [0, 0.1) is 0 Å². The molecule has 3 heteroatoms. The molecule has 0 radical (unpaired) electrons. The molecule has 0 aromatic heterocycles. The van der Waals surface area contributed by atoms with E-state index in [1.807, 2.05) is 0 Å². The molecule has 3 nitrogen and oxygen atoms in total. The van der Waals surface area contributed by atoms with Gasteiger partial charge in [-0.25, -0.2) is 0 Å². The molecule has 13 heavy (non-hydrogen) atoms. The molecular weight excluding hydrogens is 168 g/mol. The van der Waals surface area contributed by atoms with E-state index in [-0.39, 0.29) is 6.61 Å². The highest BCUT2D eigenvalue weighted by Gasteiger charge is 2.16. The van der Waals surface area contributed by atoms with Crippen LogP contribution in [0.2, 0.25) is 0 Å². The quantitative estimate of drug-likeness (QED) is 0.703. The van der Waals surface area contributed by atoms with Gasteiger partial charge in [-0.3, -0.25) is 0 Å². The zero-order chi connectivity index (χ0) is 10.1. The van der Waals surface area contributed by atoms with E-state index in [2.05, 4.69) is 6.92 Å². The van der Waals surface area contributed by atoms with E-state index >= 15 is 0 Å². The van der Waals surface area contributed by atoms with Crippen molar-refractivity contribution >= 4 is 0 Å². The molecule has 0 saturated heterocycles. The molecule has 0 aromatic rings. The second-order valence-electron chi connectivity index (χ2n) is 3.46. The van der Waals surface area contributed by atoms with E-state index in [1.165, 1.54) is 26.2 Å². The van der Waals surface area contributed by atoms with Crippen molar-refractivity contribution in [2.24, 2.45) is 0 Å². The van der Waals surface area contributed by atoms with Crippen LogP contribution in [0.1, 0.15) is 39.5 Å². The fourth-order valence-corrected chi connectivity index (χ4v) is 0.822. The molecule has 0 spiro atoms. The first-order valence-electron chi connectivity index (χ1n) is 5.11. The third-order valence-electron chi connectivity index (χ3n) is 1.87. The first-order valence-corrected chi connectivity index (χ1v) is 5.11. The molecule has 0 aliphatic heterocycles. The van der Waals surface area contributed by atoms with Gasteiger partial charge in [-0.05, 0) is 32.6 Å². The molecule has 0 heterocycles. The lowest BCUT2D eigenvalue weighted by Gasteiger charge is -2.25. The zero-order valence-corrected chi connectivity index (χ0v) is 8.70. The highest BCUT2D eigenvalue weighted by molar-refractivity contribution is 4.68. The van der Waals surface area contributed by atoms with E-state index in [0.29, 0.717) is 6.10 Å². The van der Waals surface area contributed by atoms with Crippen molar-refractivity contribution in [1.29, 1.82) is 0 Å². The lowest BCUT2D eigenvalue weighted by molar-refractivity contribution is 0.00286. The van der Waals surface area contributed by atoms with Gasteiger partial charge in [0.15, 0.2) is 0 Å². The van der Waals surface area contributed by atoms with E-state index in [1.54, 1.807) is 0 Å². The summed E-state index contributed by atoms with van der Waals surface area (Å²) in [6.45, 7) is 4.50. The zero-order valence-electron chi connectivity index (χ0n) is 8.70. The summed E-state index contributed by atoms with van der Waals surface area (Å²) in [6, 6.07) is 0. The van der Waals surface area contributed by atoms with E-state index in [9.17, 15) is 0 Å². The molecule has 2 N–H and O–H groups in total. The standard InChI is InChI=1S/C7H14O.C3H8O2/c1-2-6-8-7-4-3-5-7;1-3(5)2-4/h7H,2-6H2,1H3;3-5H,2H2,1H3. The highest BCUT2D eigenvalue weighted by Crippen LogP contribution is 2.21. The molecule has 1 fully saturated rings. The summed E-state index contributed by atoms with van der Waals surface area (Å²) < 4.78 is 5.43. The van der Waals surface area contributed by atoms with Gasteiger partial charge in [0.25, 0.3) is 0 Å². The predicted octanol–water partition coefficient (Wildman–Crippen LogP) is 1.32. The maximum atomic E-state index is 8.11. The van der Waals surface area contributed by atoms with Crippen LogP contribution >= 0.6 is 0 Å². The van der Waals surface area contributed by atoms with E-state index in [4.69, 9.17) is 14.9 Å². The van der Waals surface area contributed by atoms with Gasteiger partial charge in [0, 0.05) is 6.61 Å². The third-order valence-corrected chi connectivity index (χ3v) is 1.87. The van der Waals surface area contributed by atoms with Crippen molar-refractivity contribution in [1.82, 2.24) is 0 Å². The summed E-state index contributed by atoms with van der Waals surface area (Å²) in [5.74, 6) is 0. The van der Waals surface area contributed by atoms with Crippen molar-refractivity contribution in [3.63, 3.8) is 0 Å². The van der Waals surface area contributed by atoms with Gasteiger partial charge in [-0.15, -0.1) is 0 Å². The van der Waals surface area contributed by atoms with Crippen molar-refractivity contribution in [2.75, 3.05) is 13.2 Å². The van der Waals surface area contributed by atoms with Crippen LogP contribution in [0.25, 0.3) is 0 Å². The molecule has 1 atom stereocenters. The average molecular weight is 190 g/mol. The Labute approximate surface area is 80.7 Å². The Bertz CT molecular complexity index is 100. The number of rotatable bonds is 4. The number of aliphatic hydroxyl groups is 2. The smallest absolute Gasteiger partial charge is 0.0742 e. The summed E-state index contributed by atoms with van der Waals surface area (Å²) in [5.41, 5.74) is 0. The van der Waals surface area contributed by atoms with Gasteiger partial charge in [-0.2, -0.15) is 0 Å². The van der Waals surface area contributed by atoms with Crippen LogP contribution < -0.4 is 0 Å². The SMILES string of the molecule is CC(O)CO.CCCOC1CCC1. The monoisotopic (exact) mass is 190 g/mol. The maximum Gasteiger partial charge on any atom is 0.0742 e. The van der Waals surface area contributed by atoms with Gasteiger partial charge in [0.2, 0.25) is 0 Å². The lowest BCUT2D eigenvalue weighted by Crippen LogP contribution is -2.21. The van der Waals surface area contributed by atoms with Gasteiger partial charge < -0.3 is 14.9 Å². The van der Waals surface area contributed by atoms with Crippen LogP contribution in [0.5, 0.6) is 0 Å².